The summed E-state index contributed by atoms with van der Waals surface area (Å²) in [5.41, 5.74) is 2.13. The Bertz CT molecular complexity index is 1150. The molecule has 0 saturated heterocycles. The molecule has 0 bridgehead atoms. The summed E-state index contributed by atoms with van der Waals surface area (Å²) < 4.78 is 33.8. The molecular formula is C24H24N2O4S. The van der Waals surface area contributed by atoms with E-state index in [0.29, 0.717) is 23.5 Å². The summed E-state index contributed by atoms with van der Waals surface area (Å²) in [7, 11) is -2.02. The Balaban J connectivity index is 1.59. The molecule has 0 aromatic heterocycles. The molecule has 1 amide bonds. The second kappa shape index (κ2) is 8.81. The molecule has 0 N–H and O–H groups in total. The molecule has 1 aliphatic rings. The fourth-order valence-corrected chi connectivity index (χ4v) is 5.22. The van der Waals surface area contributed by atoms with Crippen molar-refractivity contribution in [1.82, 2.24) is 4.90 Å². The molecule has 0 aliphatic carbocycles. The molecule has 1 aliphatic heterocycles. The molecule has 3 aromatic carbocycles. The van der Waals surface area contributed by atoms with Crippen molar-refractivity contribution in [3.8, 4) is 5.75 Å². The maximum Gasteiger partial charge on any atom is 0.265 e. The van der Waals surface area contributed by atoms with E-state index in [1.807, 2.05) is 48.5 Å². The fraction of sp³-hybridized carbons (Fsp3) is 0.208. The number of sulfonamides is 1. The van der Waals surface area contributed by atoms with Gasteiger partial charge in [0.2, 0.25) is 10.0 Å². The van der Waals surface area contributed by atoms with E-state index in [-0.39, 0.29) is 18.2 Å². The van der Waals surface area contributed by atoms with Crippen LogP contribution < -0.4 is 9.04 Å². The van der Waals surface area contributed by atoms with E-state index >= 15 is 0 Å². The van der Waals surface area contributed by atoms with Crippen molar-refractivity contribution >= 4 is 21.6 Å². The van der Waals surface area contributed by atoms with E-state index in [1.54, 1.807) is 48.3 Å². The average molecular weight is 437 g/mol. The first-order valence-electron chi connectivity index (χ1n) is 10.0. The van der Waals surface area contributed by atoms with Gasteiger partial charge in [-0.15, -0.1) is 0 Å². The largest absolute Gasteiger partial charge is 0.476 e. The zero-order valence-corrected chi connectivity index (χ0v) is 18.0. The Morgan fingerprint density at radius 1 is 0.935 bits per heavy atom. The van der Waals surface area contributed by atoms with Crippen LogP contribution in [0.15, 0.2) is 84.9 Å². The Morgan fingerprint density at radius 2 is 1.52 bits per heavy atom. The van der Waals surface area contributed by atoms with Crippen LogP contribution in [0.1, 0.15) is 11.1 Å². The van der Waals surface area contributed by atoms with Crippen molar-refractivity contribution in [2.24, 2.45) is 0 Å². The second-order valence-electron chi connectivity index (χ2n) is 7.53. The molecule has 0 spiro atoms. The minimum absolute atomic E-state index is 0.0653. The highest BCUT2D eigenvalue weighted by Crippen LogP contribution is 2.36. The highest BCUT2D eigenvalue weighted by molar-refractivity contribution is 7.92. The average Bonchev–Trinajstić information content (AvgIpc) is 2.79. The van der Waals surface area contributed by atoms with Gasteiger partial charge in [0.05, 0.1) is 18.0 Å². The van der Waals surface area contributed by atoms with E-state index in [1.165, 1.54) is 4.31 Å². The summed E-state index contributed by atoms with van der Waals surface area (Å²) in [5.74, 6) is -0.0294. The van der Waals surface area contributed by atoms with Gasteiger partial charge in [0.15, 0.2) is 6.10 Å². The fourth-order valence-electron chi connectivity index (χ4n) is 3.64. The number of rotatable bonds is 6. The number of likely N-dealkylation sites (N-methyl/N-ethyl adjacent to an activating group) is 1. The van der Waals surface area contributed by atoms with Crippen LogP contribution in [0.25, 0.3) is 0 Å². The summed E-state index contributed by atoms with van der Waals surface area (Å²) in [6, 6.07) is 25.6. The lowest BCUT2D eigenvalue weighted by molar-refractivity contribution is -0.137. The first kappa shape index (κ1) is 20.9. The quantitative estimate of drug-likeness (QED) is 0.594. The number of fused-ring (bicyclic) bond motifs is 1. The van der Waals surface area contributed by atoms with Crippen LogP contribution >= 0.6 is 0 Å². The number of amides is 1. The lowest BCUT2D eigenvalue weighted by Gasteiger charge is -2.36. The first-order valence-corrected chi connectivity index (χ1v) is 11.6. The number of benzene rings is 3. The summed E-state index contributed by atoms with van der Waals surface area (Å²) in [4.78, 5) is 14.7. The van der Waals surface area contributed by atoms with Gasteiger partial charge in [0, 0.05) is 13.6 Å². The van der Waals surface area contributed by atoms with Crippen LogP contribution in [0.3, 0.4) is 0 Å². The van der Waals surface area contributed by atoms with Crippen LogP contribution in [0, 0.1) is 0 Å². The monoisotopic (exact) mass is 436 g/mol. The zero-order chi connectivity index (χ0) is 21.8. The molecule has 3 aromatic rings. The summed E-state index contributed by atoms with van der Waals surface area (Å²) in [6.07, 6.45) is -0.922. The van der Waals surface area contributed by atoms with Gasteiger partial charge in [0.25, 0.3) is 5.91 Å². The molecule has 0 saturated carbocycles. The number of hydrogen-bond donors (Lipinski definition) is 0. The van der Waals surface area contributed by atoms with E-state index in [9.17, 15) is 13.2 Å². The molecule has 1 heterocycles. The third-order valence-corrected chi connectivity index (χ3v) is 6.89. The summed E-state index contributed by atoms with van der Waals surface area (Å²) in [6.45, 7) is 0.349. The van der Waals surface area contributed by atoms with Crippen LogP contribution in [-0.4, -0.2) is 38.9 Å². The van der Waals surface area contributed by atoms with Crippen molar-refractivity contribution in [2.75, 3.05) is 17.9 Å². The van der Waals surface area contributed by atoms with E-state index in [4.69, 9.17) is 4.74 Å². The SMILES string of the molecule is CN(Cc1ccccc1)C(=O)[C@H]1CN(S(=O)(=O)Cc2ccccc2)c2ccccc2O1. The maximum absolute atomic E-state index is 13.3. The molecule has 0 unspecified atom stereocenters. The van der Waals surface area contributed by atoms with Crippen LogP contribution in [-0.2, 0) is 27.1 Å². The van der Waals surface area contributed by atoms with E-state index < -0.39 is 16.1 Å². The minimum atomic E-state index is -3.72. The number of hydrogen-bond acceptors (Lipinski definition) is 4. The molecular weight excluding hydrogens is 412 g/mol. The second-order valence-corrected chi connectivity index (χ2v) is 9.42. The number of anilines is 1. The van der Waals surface area contributed by atoms with Crippen LogP contribution in [0.2, 0.25) is 0 Å². The highest BCUT2D eigenvalue weighted by atomic mass is 32.2. The molecule has 7 heteroatoms. The lowest BCUT2D eigenvalue weighted by atomic mass is 10.2. The first-order chi connectivity index (χ1) is 14.9. The Labute approximate surface area is 182 Å². The maximum atomic E-state index is 13.3. The van der Waals surface area contributed by atoms with Gasteiger partial charge in [-0.3, -0.25) is 9.10 Å². The van der Waals surface area contributed by atoms with Gasteiger partial charge in [-0.1, -0.05) is 72.8 Å². The predicted molar refractivity (Wildman–Crippen MR) is 120 cm³/mol. The Kier molecular flexibility index (Phi) is 5.95. The number of nitrogens with zero attached hydrogens (tertiary/aromatic N) is 2. The third kappa shape index (κ3) is 4.72. The Hall–Kier alpha value is -3.32. The molecule has 4 rings (SSSR count). The summed E-state index contributed by atoms with van der Waals surface area (Å²) >= 11 is 0. The minimum Gasteiger partial charge on any atom is -0.476 e. The van der Waals surface area contributed by atoms with Gasteiger partial charge >= 0.3 is 0 Å². The molecule has 160 valence electrons. The molecule has 0 fully saturated rings. The topological polar surface area (TPSA) is 66.9 Å². The van der Waals surface area contributed by atoms with Gasteiger partial charge < -0.3 is 9.64 Å². The van der Waals surface area contributed by atoms with E-state index in [0.717, 1.165) is 5.56 Å². The smallest absolute Gasteiger partial charge is 0.265 e. The number of ether oxygens (including phenoxy) is 1. The van der Waals surface area contributed by atoms with Gasteiger partial charge in [0.1, 0.15) is 5.75 Å². The molecule has 0 radical (unpaired) electrons. The van der Waals surface area contributed by atoms with Crippen molar-refractivity contribution in [3.63, 3.8) is 0 Å². The standard InChI is InChI=1S/C24H24N2O4S/c1-25(16-19-10-4-2-5-11-19)24(27)23-17-26(21-14-8-9-15-22(21)30-23)31(28,29)18-20-12-6-3-7-13-20/h2-15,23H,16-18H2,1H3/t23-/m1/s1. The normalized spacial score (nSPS) is 15.6. The van der Waals surface area contributed by atoms with E-state index in [2.05, 4.69) is 0 Å². The van der Waals surface area contributed by atoms with Crippen LogP contribution in [0.4, 0.5) is 5.69 Å². The number of para-hydroxylation sites is 2. The lowest BCUT2D eigenvalue weighted by Crippen LogP contribution is -2.51. The van der Waals surface area contributed by atoms with Crippen molar-refractivity contribution < 1.29 is 17.9 Å². The van der Waals surface area contributed by atoms with Crippen molar-refractivity contribution in [3.05, 3.63) is 96.1 Å². The zero-order valence-electron chi connectivity index (χ0n) is 17.2. The number of carbonyl (C=O) groups excluding carboxylic acids is 1. The third-order valence-electron chi connectivity index (χ3n) is 5.18. The molecule has 1 atom stereocenters. The molecule has 6 nitrogen and oxygen atoms in total. The van der Waals surface area contributed by atoms with Gasteiger partial charge in [-0.25, -0.2) is 8.42 Å². The predicted octanol–water partition coefficient (Wildman–Crippen LogP) is 3.44. The number of carbonyl (C=O) groups is 1. The molecule has 31 heavy (non-hydrogen) atoms. The van der Waals surface area contributed by atoms with Crippen molar-refractivity contribution in [1.29, 1.82) is 0 Å². The highest BCUT2D eigenvalue weighted by Gasteiger charge is 2.37. The van der Waals surface area contributed by atoms with Gasteiger partial charge in [-0.05, 0) is 23.3 Å². The summed E-state index contributed by atoms with van der Waals surface area (Å²) in [5, 5.41) is 0. The Morgan fingerprint density at radius 3 is 2.19 bits per heavy atom. The van der Waals surface area contributed by atoms with Crippen molar-refractivity contribution in [2.45, 2.75) is 18.4 Å². The van der Waals surface area contributed by atoms with Gasteiger partial charge in [-0.2, -0.15) is 0 Å². The van der Waals surface area contributed by atoms with Crippen LogP contribution in [0.5, 0.6) is 5.75 Å².